The van der Waals surface area contributed by atoms with Crippen LogP contribution in [-0.2, 0) is 19.9 Å². The zero-order chi connectivity index (χ0) is 26.3. The Labute approximate surface area is 222 Å². The Kier molecular flexibility index (Phi) is 8.26. The molecule has 0 radical (unpaired) electrons. The number of rotatable bonds is 11. The summed E-state index contributed by atoms with van der Waals surface area (Å²) >= 11 is 0. The molecule has 0 saturated heterocycles. The number of nitrogens with one attached hydrogen (secondary N) is 2. The smallest absolute Gasteiger partial charge is 0.255 e. The Morgan fingerprint density at radius 1 is 0.895 bits per heavy atom. The Hall–Kier alpha value is -3.81. The van der Waals surface area contributed by atoms with Crippen molar-refractivity contribution < 1.29 is 4.39 Å². The van der Waals surface area contributed by atoms with Gasteiger partial charge in [-0.25, -0.2) is 9.37 Å². The SMILES string of the molecule is Cn1c(NCCCCCCCNc2c3c(nc4cc(F)ccc24)CCCC3)nc(-c2ccncc2)cc1=O. The third kappa shape index (κ3) is 6.01. The van der Waals surface area contributed by atoms with E-state index in [-0.39, 0.29) is 11.4 Å². The second-order valence-electron chi connectivity index (χ2n) is 10.0. The van der Waals surface area contributed by atoms with Gasteiger partial charge in [-0.2, -0.15) is 0 Å². The lowest BCUT2D eigenvalue weighted by molar-refractivity contribution is 0.628. The van der Waals surface area contributed by atoms with Crippen LogP contribution in [0.25, 0.3) is 22.2 Å². The van der Waals surface area contributed by atoms with E-state index < -0.39 is 0 Å². The molecule has 1 aromatic carbocycles. The second kappa shape index (κ2) is 12.2. The molecule has 0 fully saturated rings. The minimum atomic E-state index is -0.236. The molecule has 0 aliphatic heterocycles. The Bertz CT molecular complexity index is 1450. The molecule has 3 aromatic heterocycles. The molecule has 1 aliphatic rings. The van der Waals surface area contributed by atoms with Gasteiger partial charge in [0.2, 0.25) is 5.95 Å². The largest absolute Gasteiger partial charge is 0.384 e. The van der Waals surface area contributed by atoms with Crippen LogP contribution in [0.4, 0.5) is 16.0 Å². The molecule has 4 aromatic rings. The Morgan fingerprint density at radius 2 is 1.63 bits per heavy atom. The van der Waals surface area contributed by atoms with E-state index >= 15 is 0 Å². The highest BCUT2D eigenvalue weighted by molar-refractivity contribution is 5.93. The second-order valence-corrected chi connectivity index (χ2v) is 10.0. The van der Waals surface area contributed by atoms with E-state index in [2.05, 4.69) is 20.6 Å². The minimum Gasteiger partial charge on any atom is -0.384 e. The van der Waals surface area contributed by atoms with E-state index in [1.165, 1.54) is 18.1 Å². The summed E-state index contributed by atoms with van der Waals surface area (Å²) in [5, 5.41) is 8.02. The van der Waals surface area contributed by atoms with E-state index in [1.54, 1.807) is 36.1 Å². The number of unbranched alkanes of at least 4 members (excludes halogenated alkanes) is 4. The van der Waals surface area contributed by atoms with Crippen molar-refractivity contribution in [3.8, 4) is 11.3 Å². The van der Waals surface area contributed by atoms with Gasteiger partial charge >= 0.3 is 0 Å². The molecule has 198 valence electrons. The molecule has 0 unspecified atom stereocenters. The van der Waals surface area contributed by atoms with Crippen LogP contribution in [0.15, 0.2) is 53.6 Å². The summed E-state index contributed by atoms with van der Waals surface area (Å²) in [6.45, 7) is 1.67. The van der Waals surface area contributed by atoms with E-state index in [9.17, 15) is 9.18 Å². The van der Waals surface area contributed by atoms with Gasteiger partial charge in [0.25, 0.3) is 5.56 Å². The molecule has 3 heterocycles. The molecule has 1 aliphatic carbocycles. The first-order valence-corrected chi connectivity index (χ1v) is 13.7. The summed E-state index contributed by atoms with van der Waals surface area (Å²) in [4.78, 5) is 25.8. The number of hydrogen-bond acceptors (Lipinski definition) is 6. The van der Waals surface area contributed by atoms with Gasteiger partial charge in [-0.05, 0) is 68.4 Å². The molecule has 2 N–H and O–H groups in total. The Balaban J connectivity index is 1.07. The molecular formula is C30H35FN6O. The highest BCUT2D eigenvalue weighted by Gasteiger charge is 2.18. The standard InChI is InChI=1S/C30H35FN6O/c1-37-28(38)20-26(21-13-17-32-18-14-21)36-30(37)34-16-8-4-2-3-7-15-33-29-23-9-5-6-10-25(23)35-27-19-22(31)11-12-24(27)29/h11-14,17-20H,2-10,15-16H2,1H3,(H,33,35)(H,34,36). The van der Waals surface area contributed by atoms with Crippen LogP contribution in [0.5, 0.6) is 0 Å². The van der Waals surface area contributed by atoms with Crippen molar-refractivity contribution in [1.29, 1.82) is 0 Å². The fourth-order valence-corrected chi connectivity index (χ4v) is 5.16. The van der Waals surface area contributed by atoms with Crippen molar-refractivity contribution >= 4 is 22.5 Å². The number of nitrogens with zero attached hydrogens (tertiary/aromatic N) is 4. The first kappa shape index (κ1) is 25.8. The maximum atomic E-state index is 13.8. The van der Waals surface area contributed by atoms with Crippen LogP contribution < -0.4 is 16.2 Å². The van der Waals surface area contributed by atoms with Crippen molar-refractivity contribution in [2.75, 3.05) is 23.7 Å². The number of pyridine rings is 2. The van der Waals surface area contributed by atoms with Crippen LogP contribution in [0.3, 0.4) is 0 Å². The molecular weight excluding hydrogens is 479 g/mol. The predicted octanol–water partition coefficient (Wildman–Crippen LogP) is 5.88. The van der Waals surface area contributed by atoms with Crippen molar-refractivity contribution in [2.45, 2.75) is 57.8 Å². The van der Waals surface area contributed by atoms with Crippen LogP contribution in [-0.4, -0.2) is 32.6 Å². The van der Waals surface area contributed by atoms with Gasteiger partial charge < -0.3 is 10.6 Å². The number of aryl methyl sites for hydroxylation is 1. The molecule has 0 spiro atoms. The normalized spacial score (nSPS) is 12.9. The van der Waals surface area contributed by atoms with E-state index in [1.807, 2.05) is 18.2 Å². The maximum absolute atomic E-state index is 13.8. The molecule has 0 bridgehead atoms. The minimum absolute atomic E-state index is 0.0878. The highest BCUT2D eigenvalue weighted by Crippen LogP contribution is 2.33. The van der Waals surface area contributed by atoms with Crippen molar-refractivity contribution in [1.82, 2.24) is 19.5 Å². The lowest BCUT2D eigenvalue weighted by Gasteiger charge is -2.21. The highest BCUT2D eigenvalue weighted by atomic mass is 19.1. The Morgan fingerprint density at radius 3 is 2.45 bits per heavy atom. The van der Waals surface area contributed by atoms with Crippen molar-refractivity contribution in [3.05, 3.63) is 76.2 Å². The summed E-state index contributed by atoms with van der Waals surface area (Å²) in [7, 11) is 1.74. The number of fused-ring (bicyclic) bond motifs is 2. The first-order chi connectivity index (χ1) is 18.6. The molecule has 0 amide bonds. The molecule has 0 atom stereocenters. The summed E-state index contributed by atoms with van der Waals surface area (Å²) < 4.78 is 15.4. The molecule has 8 heteroatoms. The third-order valence-corrected chi connectivity index (χ3v) is 7.27. The van der Waals surface area contributed by atoms with Gasteiger partial charge in [0.15, 0.2) is 0 Å². The van der Waals surface area contributed by atoms with Gasteiger partial charge in [-0.3, -0.25) is 19.3 Å². The molecule has 38 heavy (non-hydrogen) atoms. The average molecular weight is 515 g/mol. The monoisotopic (exact) mass is 514 g/mol. The zero-order valence-electron chi connectivity index (χ0n) is 22.0. The van der Waals surface area contributed by atoms with Crippen molar-refractivity contribution in [3.63, 3.8) is 0 Å². The average Bonchev–Trinajstić information content (AvgIpc) is 2.94. The van der Waals surface area contributed by atoms with Gasteiger partial charge in [0, 0.05) is 67.0 Å². The van der Waals surface area contributed by atoms with Gasteiger partial charge in [-0.15, -0.1) is 0 Å². The lowest BCUT2D eigenvalue weighted by Crippen LogP contribution is -2.22. The number of anilines is 2. The van der Waals surface area contributed by atoms with Crippen LogP contribution in [0, 0.1) is 5.82 Å². The number of aromatic nitrogens is 4. The number of halogens is 1. The fraction of sp³-hybridized carbons (Fsp3) is 0.400. The predicted molar refractivity (Wildman–Crippen MR) is 151 cm³/mol. The van der Waals surface area contributed by atoms with Crippen LogP contribution >= 0.6 is 0 Å². The van der Waals surface area contributed by atoms with E-state index in [0.717, 1.165) is 92.3 Å². The summed E-state index contributed by atoms with van der Waals surface area (Å²) in [6, 6.07) is 10.2. The third-order valence-electron chi connectivity index (χ3n) is 7.27. The van der Waals surface area contributed by atoms with Gasteiger partial charge in [-0.1, -0.05) is 19.3 Å². The quantitative estimate of drug-likeness (QED) is 0.243. The first-order valence-electron chi connectivity index (χ1n) is 13.7. The molecule has 5 rings (SSSR count). The fourth-order valence-electron chi connectivity index (χ4n) is 5.16. The van der Waals surface area contributed by atoms with Crippen molar-refractivity contribution in [2.24, 2.45) is 7.05 Å². The summed E-state index contributed by atoms with van der Waals surface area (Å²) in [6.07, 6.45) is 13.2. The number of hydrogen-bond donors (Lipinski definition) is 2. The van der Waals surface area contributed by atoms with Gasteiger partial charge in [0.1, 0.15) is 5.82 Å². The maximum Gasteiger partial charge on any atom is 0.255 e. The lowest BCUT2D eigenvalue weighted by atomic mass is 9.92. The molecule has 0 saturated carbocycles. The summed E-state index contributed by atoms with van der Waals surface area (Å²) in [5.41, 5.74) is 5.79. The van der Waals surface area contributed by atoms with E-state index in [4.69, 9.17) is 4.98 Å². The van der Waals surface area contributed by atoms with Crippen LogP contribution in [0.2, 0.25) is 0 Å². The molecule has 7 nitrogen and oxygen atoms in total. The number of benzene rings is 1. The van der Waals surface area contributed by atoms with E-state index in [0.29, 0.717) is 11.6 Å². The van der Waals surface area contributed by atoms with Crippen LogP contribution in [0.1, 0.15) is 56.2 Å². The topological polar surface area (TPSA) is 84.7 Å². The summed E-state index contributed by atoms with van der Waals surface area (Å²) in [5.74, 6) is 0.349. The van der Waals surface area contributed by atoms with Gasteiger partial charge in [0.05, 0.1) is 11.2 Å². The zero-order valence-corrected chi connectivity index (χ0v) is 22.0.